The summed E-state index contributed by atoms with van der Waals surface area (Å²) >= 11 is 0. The van der Waals surface area contributed by atoms with Crippen molar-refractivity contribution in [3.05, 3.63) is 0 Å². The molecule has 1 saturated heterocycles. The van der Waals surface area contributed by atoms with Gasteiger partial charge in [0.25, 0.3) is 0 Å². The minimum absolute atomic E-state index is 0.134. The Balaban J connectivity index is 2.55. The van der Waals surface area contributed by atoms with Gasteiger partial charge in [0, 0.05) is 12.0 Å². The number of carbonyl (C=O) groups excluding carboxylic acids is 1. The van der Waals surface area contributed by atoms with Crippen LogP contribution < -0.4 is 0 Å². The molecule has 1 fully saturated rings. The van der Waals surface area contributed by atoms with E-state index >= 15 is 0 Å². The molecule has 2 nitrogen and oxygen atoms in total. The summed E-state index contributed by atoms with van der Waals surface area (Å²) in [4.78, 5) is 10.6. The van der Waals surface area contributed by atoms with Gasteiger partial charge in [0.05, 0.1) is 6.10 Å². The van der Waals surface area contributed by atoms with E-state index in [1.165, 1.54) is 0 Å². The predicted molar refractivity (Wildman–Crippen MR) is 43.4 cm³/mol. The van der Waals surface area contributed by atoms with Gasteiger partial charge in [-0.3, -0.25) is 0 Å². The maximum Gasteiger partial charge on any atom is 0.128 e. The van der Waals surface area contributed by atoms with Crippen LogP contribution in [-0.4, -0.2) is 19.0 Å². The fourth-order valence-corrected chi connectivity index (χ4v) is 1.38. The summed E-state index contributed by atoms with van der Waals surface area (Å²) in [5.74, 6) is 0.610. The fourth-order valence-electron chi connectivity index (χ4n) is 1.38. The van der Waals surface area contributed by atoms with E-state index < -0.39 is 0 Å². The summed E-state index contributed by atoms with van der Waals surface area (Å²) in [6, 6.07) is 0. The molecule has 64 valence electrons. The Bertz CT molecular complexity index is 152. The molecule has 0 radical (unpaired) electrons. The van der Waals surface area contributed by atoms with Gasteiger partial charge in [-0.05, 0) is 12.3 Å². The zero-order valence-corrected chi connectivity index (χ0v) is 7.46. The first-order valence-corrected chi connectivity index (χ1v) is 4.14. The molecule has 0 unspecified atom stereocenters. The van der Waals surface area contributed by atoms with Crippen LogP contribution in [0.4, 0.5) is 0 Å². The van der Waals surface area contributed by atoms with Crippen molar-refractivity contribution in [1.29, 1.82) is 0 Å². The first-order valence-electron chi connectivity index (χ1n) is 4.14. The van der Waals surface area contributed by atoms with Gasteiger partial charge in [0.1, 0.15) is 6.29 Å². The Morgan fingerprint density at radius 1 is 1.55 bits per heavy atom. The Hall–Kier alpha value is -0.370. The number of aldehydes is 1. The van der Waals surface area contributed by atoms with Crippen LogP contribution in [0.25, 0.3) is 0 Å². The molecular weight excluding hydrogens is 140 g/mol. The van der Waals surface area contributed by atoms with Crippen molar-refractivity contribution < 1.29 is 9.53 Å². The van der Waals surface area contributed by atoms with Gasteiger partial charge in [-0.1, -0.05) is 20.8 Å². The van der Waals surface area contributed by atoms with Gasteiger partial charge < -0.3 is 9.53 Å². The fraction of sp³-hybridized carbons (Fsp3) is 0.889. The Morgan fingerprint density at radius 2 is 2.18 bits per heavy atom. The molecule has 1 heterocycles. The smallest absolute Gasteiger partial charge is 0.128 e. The summed E-state index contributed by atoms with van der Waals surface area (Å²) in [6.45, 7) is 6.83. The Kier molecular flexibility index (Phi) is 2.33. The van der Waals surface area contributed by atoms with Crippen molar-refractivity contribution in [2.45, 2.75) is 33.3 Å². The van der Waals surface area contributed by atoms with Crippen LogP contribution in [0.15, 0.2) is 0 Å². The number of hydrogen-bond donors (Lipinski definition) is 0. The Labute approximate surface area is 67.9 Å². The van der Waals surface area contributed by atoms with Crippen molar-refractivity contribution in [1.82, 2.24) is 0 Å². The topological polar surface area (TPSA) is 26.3 Å². The molecule has 1 rings (SSSR count). The minimum Gasteiger partial charge on any atom is -0.377 e. The lowest BCUT2D eigenvalue weighted by atomic mass is 9.85. The molecule has 0 aliphatic carbocycles. The molecule has 2 heteroatoms. The van der Waals surface area contributed by atoms with Gasteiger partial charge in [-0.2, -0.15) is 0 Å². The molecule has 1 aliphatic heterocycles. The molecule has 0 aromatic heterocycles. The monoisotopic (exact) mass is 156 g/mol. The van der Waals surface area contributed by atoms with Crippen LogP contribution in [0, 0.1) is 11.3 Å². The minimum atomic E-state index is -0.301. The summed E-state index contributed by atoms with van der Waals surface area (Å²) < 4.78 is 5.49. The second kappa shape index (κ2) is 2.94. The van der Waals surface area contributed by atoms with Crippen molar-refractivity contribution >= 4 is 6.29 Å². The van der Waals surface area contributed by atoms with Crippen LogP contribution in [0.3, 0.4) is 0 Å². The SMILES string of the molecule is C[C@@H]1CO[C@H](C(C)(C)C=O)C1. The highest BCUT2D eigenvalue weighted by atomic mass is 16.5. The van der Waals surface area contributed by atoms with Crippen molar-refractivity contribution in [2.75, 3.05) is 6.61 Å². The lowest BCUT2D eigenvalue weighted by Crippen LogP contribution is -2.30. The summed E-state index contributed by atoms with van der Waals surface area (Å²) in [5, 5.41) is 0. The van der Waals surface area contributed by atoms with E-state index in [0.717, 1.165) is 19.3 Å². The van der Waals surface area contributed by atoms with E-state index in [4.69, 9.17) is 4.74 Å². The lowest BCUT2D eigenvalue weighted by Gasteiger charge is -2.23. The van der Waals surface area contributed by atoms with Crippen LogP contribution in [0.1, 0.15) is 27.2 Å². The maximum atomic E-state index is 10.6. The molecule has 2 atom stereocenters. The molecule has 0 N–H and O–H groups in total. The first-order chi connectivity index (χ1) is 5.06. The van der Waals surface area contributed by atoms with Gasteiger partial charge in [-0.15, -0.1) is 0 Å². The van der Waals surface area contributed by atoms with Gasteiger partial charge >= 0.3 is 0 Å². The third-order valence-corrected chi connectivity index (χ3v) is 2.33. The molecular formula is C9H16O2. The van der Waals surface area contributed by atoms with Crippen molar-refractivity contribution in [2.24, 2.45) is 11.3 Å². The highest BCUT2D eigenvalue weighted by molar-refractivity contribution is 5.59. The second-order valence-corrected chi connectivity index (χ2v) is 4.10. The normalized spacial score (nSPS) is 32.3. The Morgan fingerprint density at radius 3 is 2.55 bits per heavy atom. The summed E-state index contributed by atoms with van der Waals surface area (Å²) in [5.41, 5.74) is -0.301. The first kappa shape index (κ1) is 8.72. The van der Waals surface area contributed by atoms with E-state index in [-0.39, 0.29) is 11.5 Å². The van der Waals surface area contributed by atoms with Crippen LogP contribution in [-0.2, 0) is 9.53 Å². The highest BCUT2D eigenvalue weighted by Gasteiger charge is 2.35. The van der Waals surface area contributed by atoms with Gasteiger partial charge in [0.15, 0.2) is 0 Å². The zero-order chi connectivity index (χ0) is 8.48. The van der Waals surface area contributed by atoms with Crippen LogP contribution in [0.2, 0.25) is 0 Å². The zero-order valence-electron chi connectivity index (χ0n) is 7.46. The predicted octanol–water partition coefficient (Wildman–Crippen LogP) is 1.64. The quantitative estimate of drug-likeness (QED) is 0.568. The number of hydrogen-bond acceptors (Lipinski definition) is 2. The average molecular weight is 156 g/mol. The largest absolute Gasteiger partial charge is 0.377 e. The molecule has 0 amide bonds. The van der Waals surface area contributed by atoms with E-state index in [0.29, 0.717) is 5.92 Å². The van der Waals surface area contributed by atoms with E-state index in [2.05, 4.69) is 6.92 Å². The summed E-state index contributed by atoms with van der Waals surface area (Å²) in [6.07, 6.45) is 2.15. The lowest BCUT2D eigenvalue weighted by molar-refractivity contribution is -0.120. The third-order valence-electron chi connectivity index (χ3n) is 2.33. The van der Waals surface area contributed by atoms with Gasteiger partial charge in [0.2, 0.25) is 0 Å². The molecule has 0 aromatic rings. The van der Waals surface area contributed by atoms with E-state index in [1.807, 2.05) is 13.8 Å². The van der Waals surface area contributed by atoms with Gasteiger partial charge in [-0.25, -0.2) is 0 Å². The highest BCUT2D eigenvalue weighted by Crippen LogP contribution is 2.31. The molecule has 0 aromatic carbocycles. The molecule has 1 aliphatic rings. The third kappa shape index (κ3) is 1.80. The number of rotatable bonds is 2. The second-order valence-electron chi connectivity index (χ2n) is 4.10. The molecule has 11 heavy (non-hydrogen) atoms. The standard InChI is InChI=1S/C9H16O2/c1-7-4-8(11-5-7)9(2,3)6-10/h6-8H,4-5H2,1-3H3/t7-,8-/m0/s1. The van der Waals surface area contributed by atoms with Crippen LogP contribution >= 0.6 is 0 Å². The molecule has 0 bridgehead atoms. The molecule has 0 spiro atoms. The maximum absolute atomic E-state index is 10.6. The average Bonchev–Trinajstić information content (AvgIpc) is 2.36. The van der Waals surface area contributed by atoms with Crippen molar-refractivity contribution in [3.8, 4) is 0 Å². The van der Waals surface area contributed by atoms with Crippen LogP contribution in [0.5, 0.6) is 0 Å². The summed E-state index contributed by atoms with van der Waals surface area (Å²) in [7, 11) is 0. The van der Waals surface area contributed by atoms with Crippen molar-refractivity contribution in [3.63, 3.8) is 0 Å². The number of carbonyl (C=O) groups is 1. The van der Waals surface area contributed by atoms with E-state index in [9.17, 15) is 4.79 Å². The van der Waals surface area contributed by atoms with E-state index in [1.54, 1.807) is 0 Å². The number of ether oxygens (including phenoxy) is 1. The molecule has 0 saturated carbocycles.